The first-order valence-corrected chi connectivity index (χ1v) is 5.05. The predicted molar refractivity (Wildman–Crippen MR) is 57.8 cm³/mol. The Balaban J connectivity index is 2.87. The number of rotatable bonds is 4. The molecule has 0 aliphatic heterocycles. The monoisotopic (exact) mass is 208 g/mol. The van der Waals surface area contributed by atoms with Gasteiger partial charge in [0.2, 0.25) is 0 Å². The van der Waals surface area contributed by atoms with Crippen LogP contribution in [0.15, 0.2) is 24.3 Å². The first kappa shape index (κ1) is 11.7. The summed E-state index contributed by atoms with van der Waals surface area (Å²) in [6.45, 7) is 3.66. The second-order valence-corrected chi connectivity index (χ2v) is 3.58. The highest BCUT2D eigenvalue weighted by Crippen LogP contribution is 2.11. The van der Waals surface area contributed by atoms with Crippen LogP contribution in [0.1, 0.15) is 29.8 Å². The quantitative estimate of drug-likeness (QED) is 0.767. The Kier molecular flexibility index (Phi) is 4.31. The van der Waals surface area contributed by atoms with Gasteiger partial charge in [-0.3, -0.25) is 0 Å². The lowest BCUT2D eigenvalue weighted by Gasteiger charge is -2.10. The molecule has 1 N–H and O–H groups in total. The van der Waals surface area contributed by atoms with Crippen molar-refractivity contribution in [2.24, 2.45) is 0 Å². The highest BCUT2D eigenvalue weighted by molar-refractivity contribution is 5.91. The van der Waals surface area contributed by atoms with Crippen LogP contribution in [0.5, 0.6) is 0 Å². The van der Waals surface area contributed by atoms with E-state index in [4.69, 9.17) is 9.84 Å². The smallest absolute Gasteiger partial charge is 0.338 e. The van der Waals surface area contributed by atoms with E-state index in [0.717, 1.165) is 5.56 Å². The van der Waals surface area contributed by atoms with E-state index in [2.05, 4.69) is 0 Å². The topological polar surface area (TPSA) is 46.5 Å². The van der Waals surface area contributed by atoms with Gasteiger partial charge in [0, 0.05) is 6.61 Å². The van der Waals surface area contributed by atoms with Crippen molar-refractivity contribution in [3.8, 4) is 0 Å². The molecule has 0 saturated carbocycles. The van der Waals surface area contributed by atoms with Crippen LogP contribution in [0, 0.1) is 0 Å². The zero-order valence-corrected chi connectivity index (χ0v) is 9.06. The molecule has 0 radical (unpaired) electrons. The molecule has 0 atom stereocenters. The van der Waals surface area contributed by atoms with Crippen LogP contribution in [0.4, 0.5) is 0 Å². The van der Waals surface area contributed by atoms with Gasteiger partial charge in [-0.15, -0.1) is 0 Å². The SMILES string of the molecule is CC(C)OC(=O)c1ccccc1CCO. The molecule has 0 saturated heterocycles. The van der Waals surface area contributed by atoms with Gasteiger partial charge in [-0.05, 0) is 31.9 Å². The number of benzene rings is 1. The minimum Gasteiger partial charge on any atom is -0.459 e. The van der Waals surface area contributed by atoms with Crippen LogP contribution in [0.2, 0.25) is 0 Å². The van der Waals surface area contributed by atoms with E-state index in [9.17, 15) is 4.79 Å². The van der Waals surface area contributed by atoms with Gasteiger partial charge in [0.25, 0.3) is 0 Å². The molecule has 0 bridgehead atoms. The van der Waals surface area contributed by atoms with E-state index >= 15 is 0 Å². The fourth-order valence-corrected chi connectivity index (χ4v) is 1.34. The van der Waals surface area contributed by atoms with Crippen LogP contribution in [-0.4, -0.2) is 23.8 Å². The number of hydrogen-bond acceptors (Lipinski definition) is 3. The van der Waals surface area contributed by atoms with Crippen molar-refractivity contribution in [2.75, 3.05) is 6.61 Å². The number of carbonyl (C=O) groups is 1. The lowest BCUT2D eigenvalue weighted by Crippen LogP contribution is -2.14. The van der Waals surface area contributed by atoms with Crippen LogP contribution in [-0.2, 0) is 11.2 Å². The molecule has 0 aromatic heterocycles. The first-order chi connectivity index (χ1) is 7.15. The molecule has 0 heterocycles. The number of esters is 1. The number of carbonyl (C=O) groups excluding carboxylic acids is 1. The maximum atomic E-state index is 11.6. The minimum absolute atomic E-state index is 0.0337. The van der Waals surface area contributed by atoms with Crippen LogP contribution >= 0.6 is 0 Å². The van der Waals surface area contributed by atoms with Crippen molar-refractivity contribution in [3.63, 3.8) is 0 Å². The standard InChI is InChI=1S/C12H16O3/c1-9(2)15-12(14)11-6-4-3-5-10(11)7-8-13/h3-6,9,13H,7-8H2,1-2H3. The summed E-state index contributed by atoms with van der Waals surface area (Å²) in [4.78, 5) is 11.6. The van der Waals surface area contributed by atoms with Crippen LogP contribution < -0.4 is 0 Å². The third-order valence-electron chi connectivity index (χ3n) is 1.96. The van der Waals surface area contributed by atoms with Crippen LogP contribution in [0.25, 0.3) is 0 Å². The molecule has 1 aromatic carbocycles. The summed E-state index contributed by atoms with van der Waals surface area (Å²) in [6, 6.07) is 7.18. The highest BCUT2D eigenvalue weighted by Gasteiger charge is 2.12. The second kappa shape index (κ2) is 5.51. The van der Waals surface area contributed by atoms with Gasteiger partial charge in [0.15, 0.2) is 0 Å². The van der Waals surface area contributed by atoms with Crippen molar-refractivity contribution in [3.05, 3.63) is 35.4 Å². The molecular weight excluding hydrogens is 192 g/mol. The van der Waals surface area contributed by atoms with E-state index in [1.54, 1.807) is 12.1 Å². The Bertz CT molecular complexity index is 331. The van der Waals surface area contributed by atoms with E-state index in [0.29, 0.717) is 12.0 Å². The molecule has 0 aliphatic rings. The molecule has 1 aromatic rings. The summed E-state index contributed by atoms with van der Waals surface area (Å²) in [5, 5.41) is 8.86. The normalized spacial score (nSPS) is 10.4. The van der Waals surface area contributed by atoms with Crippen molar-refractivity contribution in [1.29, 1.82) is 0 Å². The Morgan fingerprint density at radius 2 is 2.07 bits per heavy atom. The van der Waals surface area contributed by atoms with E-state index in [1.165, 1.54) is 0 Å². The van der Waals surface area contributed by atoms with Crippen molar-refractivity contribution in [1.82, 2.24) is 0 Å². The van der Waals surface area contributed by atoms with E-state index in [1.807, 2.05) is 26.0 Å². The Labute approximate surface area is 89.7 Å². The van der Waals surface area contributed by atoms with E-state index < -0.39 is 0 Å². The lowest BCUT2D eigenvalue weighted by molar-refractivity contribution is 0.0376. The molecule has 0 unspecified atom stereocenters. The molecule has 3 heteroatoms. The predicted octanol–water partition coefficient (Wildman–Crippen LogP) is 1.79. The van der Waals surface area contributed by atoms with Crippen LogP contribution in [0.3, 0.4) is 0 Å². The summed E-state index contributed by atoms with van der Waals surface area (Å²) in [5.74, 6) is -0.325. The Hall–Kier alpha value is -1.35. The molecule has 1 rings (SSSR count). The van der Waals surface area contributed by atoms with Gasteiger partial charge in [-0.1, -0.05) is 18.2 Å². The number of hydrogen-bond donors (Lipinski definition) is 1. The summed E-state index contributed by atoms with van der Waals surface area (Å²) in [6.07, 6.45) is 0.350. The molecule has 0 spiro atoms. The van der Waals surface area contributed by atoms with Gasteiger partial charge < -0.3 is 9.84 Å². The number of aliphatic hydroxyl groups excluding tert-OH is 1. The van der Waals surface area contributed by atoms with Gasteiger partial charge in [-0.2, -0.15) is 0 Å². The molecule has 0 amide bonds. The third kappa shape index (κ3) is 3.36. The highest BCUT2D eigenvalue weighted by atomic mass is 16.5. The maximum absolute atomic E-state index is 11.6. The summed E-state index contributed by atoms with van der Waals surface area (Å²) < 4.78 is 5.10. The van der Waals surface area contributed by atoms with Gasteiger partial charge in [0.05, 0.1) is 11.7 Å². The third-order valence-corrected chi connectivity index (χ3v) is 1.96. The second-order valence-electron chi connectivity index (χ2n) is 3.58. The van der Waals surface area contributed by atoms with Crippen molar-refractivity contribution >= 4 is 5.97 Å². The Morgan fingerprint density at radius 3 is 2.67 bits per heavy atom. The zero-order valence-electron chi connectivity index (χ0n) is 9.06. The largest absolute Gasteiger partial charge is 0.459 e. The van der Waals surface area contributed by atoms with Crippen molar-refractivity contribution < 1.29 is 14.6 Å². The van der Waals surface area contributed by atoms with Gasteiger partial charge in [-0.25, -0.2) is 4.79 Å². The molecule has 15 heavy (non-hydrogen) atoms. The molecule has 3 nitrogen and oxygen atoms in total. The molecular formula is C12H16O3. The number of aliphatic hydroxyl groups is 1. The lowest BCUT2D eigenvalue weighted by atomic mass is 10.1. The molecule has 82 valence electrons. The maximum Gasteiger partial charge on any atom is 0.338 e. The average Bonchev–Trinajstić information content (AvgIpc) is 2.18. The number of ether oxygens (including phenoxy) is 1. The fourth-order valence-electron chi connectivity index (χ4n) is 1.34. The molecule has 0 aliphatic carbocycles. The zero-order chi connectivity index (χ0) is 11.3. The average molecular weight is 208 g/mol. The van der Waals surface area contributed by atoms with Gasteiger partial charge >= 0.3 is 5.97 Å². The summed E-state index contributed by atoms with van der Waals surface area (Å²) >= 11 is 0. The summed E-state index contributed by atoms with van der Waals surface area (Å²) in [7, 11) is 0. The summed E-state index contributed by atoms with van der Waals surface area (Å²) in [5.41, 5.74) is 1.37. The fraction of sp³-hybridized carbons (Fsp3) is 0.417. The minimum atomic E-state index is -0.325. The van der Waals surface area contributed by atoms with Crippen molar-refractivity contribution in [2.45, 2.75) is 26.4 Å². The Morgan fingerprint density at radius 1 is 1.40 bits per heavy atom. The first-order valence-electron chi connectivity index (χ1n) is 5.05. The van der Waals surface area contributed by atoms with Gasteiger partial charge in [0.1, 0.15) is 0 Å². The molecule has 0 fully saturated rings. The van der Waals surface area contributed by atoms with E-state index in [-0.39, 0.29) is 18.7 Å².